The number of anilines is 1. The van der Waals surface area contributed by atoms with Crippen LogP contribution in [0.4, 0.5) is 11.4 Å². The van der Waals surface area contributed by atoms with Gasteiger partial charge in [-0.2, -0.15) is 0 Å². The fraction of sp³-hybridized carbons (Fsp3) is 0.0625. The summed E-state index contributed by atoms with van der Waals surface area (Å²) in [6.45, 7) is 0. The predicted octanol–water partition coefficient (Wildman–Crippen LogP) is 5.22. The lowest BCUT2D eigenvalue weighted by atomic mass is 10.2. The van der Waals surface area contributed by atoms with E-state index >= 15 is 0 Å². The van der Waals surface area contributed by atoms with Crippen LogP contribution in [-0.2, 0) is 4.79 Å². The highest BCUT2D eigenvalue weighted by Gasteiger charge is 2.12. The molecule has 130 valence electrons. The second-order valence-corrected chi connectivity index (χ2v) is 6.00. The molecular formula is C16H11Cl3N2O4. The largest absolute Gasteiger partial charge is 0.495 e. The van der Waals surface area contributed by atoms with Gasteiger partial charge in [0.1, 0.15) is 5.75 Å². The molecule has 2 rings (SSSR count). The molecule has 0 aliphatic carbocycles. The Labute approximate surface area is 158 Å². The molecule has 1 amide bonds. The van der Waals surface area contributed by atoms with E-state index in [0.29, 0.717) is 21.4 Å². The van der Waals surface area contributed by atoms with E-state index in [9.17, 15) is 14.9 Å². The van der Waals surface area contributed by atoms with Crippen molar-refractivity contribution in [1.82, 2.24) is 0 Å². The molecule has 0 saturated heterocycles. The van der Waals surface area contributed by atoms with Crippen LogP contribution in [-0.4, -0.2) is 17.9 Å². The van der Waals surface area contributed by atoms with E-state index < -0.39 is 10.8 Å². The third-order valence-electron chi connectivity index (χ3n) is 3.07. The number of non-ortho nitro benzene ring substituents is 1. The SMILES string of the molecule is COc1c(Cl)cc(Cl)cc1C=CC(=O)Nc1cc([N+](=O)[O-])ccc1Cl. The summed E-state index contributed by atoms with van der Waals surface area (Å²) in [5, 5.41) is 14.1. The Balaban J connectivity index is 2.22. The Kier molecular flexibility index (Phi) is 6.25. The summed E-state index contributed by atoms with van der Waals surface area (Å²) in [5.41, 5.74) is 0.439. The number of nitro benzene ring substituents is 1. The first-order valence-corrected chi connectivity index (χ1v) is 7.91. The Morgan fingerprint density at radius 2 is 1.92 bits per heavy atom. The number of halogens is 3. The number of nitrogens with one attached hydrogen (secondary N) is 1. The molecule has 2 aromatic rings. The van der Waals surface area contributed by atoms with Crippen LogP contribution >= 0.6 is 34.8 Å². The van der Waals surface area contributed by atoms with Crippen molar-refractivity contribution in [3.05, 3.63) is 67.2 Å². The van der Waals surface area contributed by atoms with Crippen LogP contribution in [0.15, 0.2) is 36.4 Å². The summed E-state index contributed by atoms with van der Waals surface area (Å²) in [6, 6.07) is 6.84. The number of benzene rings is 2. The van der Waals surface area contributed by atoms with Crippen LogP contribution in [0, 0.1) is 10.1 Å². The third-order valence-corrected chi connectivity index (χ3v) is 3.90. The van der Waals surface area contributed by atoms with Crippen molar-refractivity contribution in [3.63, 3.8) is 0 Å². The van der Waals surface area contributed by atoms with Crippen molar-refractivity contribution in [2.75, 3.05) is 12.4 Å². The molecule has 0 heterocycles. The van der Waals surface area contributed by atoms with Crippen molar-refractivity contribution in [2.45, 2.75) is 0 Å². The fourth-order valence-corrected chi connectivity index (χ4v) is 2.73. The van der Waals surface area contributed by atoms with Gasteiger partial charge in [0.15, 0.2) is 0 Å². The lowest BCUT2D eigenvalue weighted by Gasteiger charge is -2.08. The smallest absolute Gasteiger partial charge is 0.271 e. The first-order chi connectivity index (χ1) is 11.8. The number of nitro groups is 1. The lowest BCUT2D eigenvalue weighted by molar-refractivity contribution is -0.384. The van der Waals surface area contributed by atoms with E-state index in [1.807, 2.05) is 0 Å². The standard InChI is InChI=1S/C16H11Cl3N2O4/c1-25-16-9(6-10(17)7-13(16)19)2-5-15(22)20-14-8-11(21(23)24)3-4-12(14)18/h2-8H,1H3,(H,20,22). The average molecular weight is 402 g/mol. The summed E-state index contributed by atoms with van der Waals surface area (Å²) in [4.78, 5) is 22.3. The predicted molar refractivity (Wildman–Crippen MR) is 98.8 cm³/mol. The summed E-state index contributed by atoms with van der Waals surface area (Å²) in [5.74, 6) is -0.177. The molecule has 0 aliphatic rings. The summed E-state index contributed by atoms with van der Waals surface area (Å²) in [6.07, 6.45) is 2.66. The zero-order chi connectivity index (χ0) is 18.6. The number of amides is 1. The molecule has 0 aliphatic heterocycles. The number of ether oxygens (including phenoxy) is 1. The molecule has 0 bridgehead atoms. The van der Waals surface area contributed by atoms with Crippen molar-refractivity contribution < 1.29 is 14.5 Å². The van der Waals surface area contributed by atoms with Crippen LogP contribution in [0.2, 0.25) is 15.1 Å². The Morgan fingerprint density at radius 3 is 2.56 bits per heavy atom. The molecule has 0 fully saturated rings. The van der Waals surface area contributed by atoms with Gasteiger partial charge in [-0.3, -0.25) is 14.9 Å². The minimum atomic E-state index is -0.583. The van der Waals surface area contributed by atoms with Crippen LogP contribution in [0.25, 0.3) is 6.08 Å². The van der Waals surface area contributed by atoms with E-state index in [1.165, 1.54) is 43.5 Å². The van der Waals surface area contributed by atoms with E-state index in [-0.39, 0.29) is 16.4 Å². The molecule has 25 heavy (non-hydrogen) atoms. The molecule has 0 spiro atoms. The van der Waals surface area contributed by atoms with Gasteiger partial charge in [0.05, 0.1) is 27.8 Å². The van der Waals surface area contributed by atoms with E-state index in [1.54, 1.807) is 6.07 Å². The van der Waals surface area contributed by atoms with Gasteiger partial charge in [-0.1, -0.05) is 34.8 Å². The molecule has 0 saturated carbocycles. The van der Waals surface area contributed by atoms with E-state index in [4.69, 9.17) is 39.5 Å². The maximum absolute atomic E-state index is 12.1. The monoisotopic (exact) mass is 400 g/mol. The van der Waals surface area contributed by atoms with Gasteiger partial charge in [-0.25, -0.2) is 0 Å². The summed E-state index contributed by atoms with van der Waals surface area (Å²) >= 11 is 17.9. The quantitative estimate of drug-likeness (QED) is 0.423. The van der Waals surface area contributed by atoms with Gasteiger partial charge >= 0.3 is 0 Å². The van der Waals surface area contributed by atoms with Crippen molar-refractivity contribution in [1.29, 1.82) is 0 Å². The minimum absolute atomic E-state index is 0.126. The molecule has 0 radical (unpaired) electrons. The molecule has 2 aromatic carbocycles. The molecule has 9 heteroatoms. The highest BCUT2D eigenvalue weighted by Crippen LogP contribution is 2.33. The lowest BCUT2D eigenvalue weighted by Crippen LogP contribution is -2.08. The molecule has 1 N–H and O–H groups in total. The third kappa shape index (κ3) is 4.85. The van der Waals surface area contributed by atoms with Crippen molar-refractivity contribution in [3.8, 4) is 5.75 Å². The maximum Gasteiger partial charge on any atom is 0.271 e. The number of hydrogen-bond donors (Lipinski definition) is 1. The highest BCUT2D eigenvalue weighted by molar-refractivity contribution is 6.36. The van der Waals surface area contributed by atoms with Crippen molar-refractivity contribution >= 4 is 58.2 Å². The fourth-order valence-electron chi connectivity index (χ4n) is 1.98. The van der Waals surface area contributed by atoms with Gasteiger partial charge in [0.25, 0.3) is 5.69 Å². The van der Waals surface area contributed by atoms with Gasteiger partial charge in [-0.05, 0) is 24.3 Å². The number of rotatable bonds is 5. The Bertz CT molecular complexity index is 869. The molecule has 6 nitrogen and oxygen atoms in total. The molecule has 0 atom stereocenters. The number of carbonyl (C=O) groups excluding carboxylic acids is 1. The zero-order valence-electron chi connectivity index (χ0n) is 12.8. The number of hydrogen-bond acceptors (Lipinski definition) is 4. The normalized spacial score (nSPS) is 10.7. The van der Waals surface area contributed by atoms with Gasteiger partial charge < -0.3 is 10.1 Å². The molecule has 0 aromatic heterocycles. The molecule has 0 unspecified atom stereocenters. The average Bonchev–Trinajstić information content (AvgIpc) is 2.54. The van der Waals surface area contributed by atoms with Crippen LogP contribution in [0.1, 0.15) is 5.56 Å². The molecular weight excluding hydrogens is 391 g/mol. The first-order valence-electron chi connectivity index (χ1n) is 6.78. The second kappa shape index (κ2) is 8.20. The van der Waals surface area contributed by atoms with Gasteiger partial charge in [-0.15, -0.1) is 0 Å². The topological polar surface area (TPSA) is 81.5 Å². The first kappa shape index (κ1) is 19.1. The van der Waals surface area contributed by atoms with Crippen LogP contribution in [0.3, 0.4) is 0 Å². The van der Waals surface area contributed by atoms with Crippen LogP contribution < -0.4 is 10.1 Å². The summed E-state index contributed by atoms with van der Waals surface area (Å²) in [7, 11) is 1.44. The van der Waals surface area contributed by atoms with E-state index in [2.05, 4.69) is 5.32 Å². The second-order valence-electron chi connectivity index (χ2n) is 4.75. The maximum atomic E-state index is 12.1. The minimum Gasteiger partial charge on any atom is -0.495 e. The summed E-state index contributed by atoms with van der Waals surface area (Å²) < 4.78 is 5.17. The number of methoxy groups -OCH3 is 1. The van der Waals surface area contributed by atoms with Gasteiger partial charge in [0.2, 0.25) is 5.91 Å². The van der Waals surface area contributed by atoms with Gasteiger partial charge in [0, 0.05) is 28.8 Å². The van der Waals surface area contributed by atoms with Crippen molar-refractivity contribution in [2.24, 2.45) is 0 Å². The number of nitrogens with zero attached hydrogens (tertiary/aromatic N) is 1. The number of carbonyl (C=O) groups is 1. The highest BCUT2D eigenvalue weighted by atomic mass is 35.5. The zero-order valence-corrected chi connectivity index (χ0v) is 15.0. The Morgan fingerprint density at radius 1 is 1.20 bits per heavy atom. The Hall–Kier alpha value is -2.28. The van der Waals surface area contributed by atoms with Crippen LogP contribution in [0.5, 0.6) is 5.75 Å². The van der Waals surface area contributed by atoms with E-state index in [0.717, 1.165) is 0 Å².